The molecule has 0 aromatic heterocycles. The van der Waals surface area contributed by atoms with Gasteiger partial charge in [0.15, 0.2) is 0 Å². The van der Waals surface area contributed by atoms with Crippen LogP contribution in [-0.2, 0) is 20.5 Å². The van der Waals surface area contributed by atoms with Crippen molar-refractivity contribution in [2.24, 2.45) is 5.92 Å². The van der Waals surface area contributed by atoms with Crippen molar-refractivity contribution in [3.63, 3.8) is 0 Å². The molecule has 0 unspecified atom stereocenters. The zero-order valence-corrected chi connectivity index (χ0v) is 17.1. The van der Waals surface area contributed by atoms with Gasteiger partial charge in [0, 0.05) is 24.7 Å². The first kappa shape index (κ1) is 21.0. The molecular formula is C18H27ClN2O4S. The fourth-order valence-electron chi connectivity index (χ4n) is 2.84. The summed E-state index contributed by atoms with van der Waals surface area (Å²) in [7, 11) is -3.49. The maximum absolute atomic E-state index is 12.3. The second-order valence-corrected chi connectivity index (χ2v) is 9.85. The molecule has 1 aromatic rings. The van der Waals surface area contributed by atoms with E-state index in [9.17, 15) is 13.2 Å². The van der Waals surface area contributed by atoms with Crippen molar-refractivity contribution >= 4 is 27.7 Å². The number of nitrogens with zero attached hydrogens (tertiary/aromatic N) is 1. The lowest BCUT2D eigenvalue weighted by Gasteiger charge is -2.34. The highest BCUT2D eigenvalue weighted by atomic mass is 35.5. The monoisotopic (exact) mass is 402 g/mol. The van der Waals surface area contributed by atoms with Crippen molar-refractivity contribution in [2.75, 3.05) is 19.6 Å². The third-order valence-electron chi connectivity index (χ3n) is 4.07. The number of amides is 1. The number of halogens is 1. The number of piperidine rings is 1. The molecule has 2 rings (SSSR count). The number of benzene rings is 1. The van der Waals surface area contributed by atoms with E-state index in [1.54, 1.807) is 29.2 Å². The average Bonchev–Trinajstić information content (AvgIpc) is 2.54. The summed E-state index contributed by atoms with van der Waals surface area (Å²) >= 11 is 6.04. The van der Waals surface area contributed by atoms with Crippen LogP contribution in [0.2, 0.25) is 5.02 Å². The van der Waals surface area contributed by atoms with E-state index in [-0.39, 0.29) is 17.8 Å². The summed E-state index contributed by atoms with van der Waals surface area (Å²) in [5.74, 6) is -0.0906. The summed E-state index contributed by atoms with van der Waals surface area (Å²) in [6, 6.07) is 6.90. The molecule has 1 atom stereocenters. The van der Waals surface area contributed by atoms with Gasteiger partial charge in [-0.05, 0) is 51.2 Å². The highest BCUT2D eigenvalue weighted by Gasteiger charge is 2.28. The Hall–Kier alpha value is -1.31. The zero-order valence-electron chi connectivity index (χ0n) is 15.5. The van der Waals surface area contributed by atoms with Gasteiger partial charge in [-0.1, -0.05) is 29.8 Å². The molecule has 0 aliphatic carbocycles. The number of nitrogens with one attached hydrogen (secondary N) is 1. The third kappa shape index (κ3) is 6.78. The van der Waals surface area contributed by atoms with Crippen molar-refractivity contribution in [1.82, 2.24) is 9.62 Å². The molecule has 0 radical (unpaired) electrons. The van der Waals surface area contributed by atoms with Crippen molar-refractivity contribution in [1.29, 1.82) is 0 Å². The number of sulfonamides is 1. The minimum atomic E-state index is -3.49. The van der Waals surface area contributed by atoms with Crippen molar-refractivity contribution < 1.29 is 17.9 Å². The molecule has 0 bridgehead atoms. The van der Waals surface area contributed by atoms with Crippen LogP contribution in [0.3, 0.4) is 0 Å². The smallest absolute Gasteiger partial charge is 0.410 e. The van der Waals surface area contributed by atoms with Crippen molar-refractivity contribution in [2.45, 2.75) is 45.0 Å². The van der Waals surface area contributed by atoms with Crippen LogP contribution < -0.4 is 4.72 Å². The molecule has 1 fully saturated rings. The molecule has 1 aliphatic rings. The quantitative estimate of drug-likeness (QED) is 0.818. The molecule has 1 aromatic carbocycles. The van der Waals surface area contributed by atoms with Crippen LogP contribution in [0.1, 0.15) is 39.2 Å². The molecule has 26 heavy (non-hydrogen) atoms. The number of rotatable bonds is 5. The van der Waals surface area contributed by atoms with E-state index in [4.69, 9.17) is 16.3 Å². The Labute approximate surface area is 160 Å². The van der Waals surface area contributed by atoms with E-state index in [2.05, 4.69) is 4.72 Å². The summed E-state index contributed by atoms with van der Waals surface area (Å²) in [6.07, 6.45) is 1.35. The second-order valence-electron chi connectivity index (χ2n) is 7.63. The lowest BCUT2D eigenvalue weighted by molar-refractivity contribution is 0.0169. The number of hydrogen-bond donors (Lipinski definition) is 1. The summed E-state index contributed by atoms with van der Waals surface area (Å²) in [6.45, 7) is 6.91. The molecule has 8 heteroatoms. The van der Waals surface area contributed by atoms with Gasteiger partial charge in [0.25, 0.3) is 0 Å². The van der Waals surface area contributed by atoms with Crippen LogP contribution >= 0.6 is 11.6 Å². The van der Waals surface area contributed by atoms with Crippen LogP contribution in [0.5, 0.6) is 0 Å². The first-order valence-corrected chi connectivity index (χ1v) is 10.8. The summed E-state index contributed by atoms with van der Waals surface area (Å²) in [4.78, 5) is 13.8. The molecule has 1 heterocycles. The van der Waals surface area contributed by atoms with E-state index in [0.717, 1.165) is 12.8 Å². The van der Waals surface area contributed by atoms with Gasteiger partial charge in [-0.2, -0.15) is 0 Å². The molecule has 0 spiro atoms. The Morgan fingerprint density at radius 1 is 1.35 bits per heavy atom. The average molecular weight is 403 g/mol. The van der Waals surface area contributed by atoms with Crippen molar-refractivity contribution in [3.05, 3.63) is 34.9 Å². The maximum Gasteiger partial charge on any atom is 0.410 e. The number of ether oxygens (including phenoxy) is 1. The van der Waals surface area contributed by atoms with Crippen LogP contribution in [0.25, 0.3) is 0 Å². The molecule has 6 nitrogen and oxygen atoms in total. The summed E-state index contributed by atoms with van der Waals surface area (Å²) in [5, 5.41) is 0.437. The molecule has 146 valence electrons. The molecule has 1 saturated heterocycles. The highest BCUT2D eigenvalue weighted by molar-refractivity contribution is 7.88. The fraction of sp³-hybridized carbons (Fsp3) is 0.611. The van der Waals surface area contributed by atoms with Crippen molar-refractivity contribution in [3.8, 4) is 0 Å². The zero-order chi connectivity index (χ0) is 19.4. The molecule has 1 amide bonds. The summed E-state index contributed by atoms with van der Waals surface area (Å²) in [5.41, 5.74) is 0.0290. The minimum absolute atomic E-state index is 0.0669. The SMILES string of the molecule is CC(C)(C)OC(=O)N1CCC[C@@H](CNS(=O)(=O)Cc2ccccc2Cl)C1. The van der Waals surface area contributed by atoms with Gasteiger partial charge in [0.2, 0.25) is 10.0 Å². The molecule has 0 saturated carbocycles. The van der Waals surface area contributed by atoms with Crippen LogP contribution in [0.15, 0.2) is 24.3 Å². The number of carbonyl (C=O) groups is 1. The predicted octanol–water partition coefficient (Wildman–Crippen LogP) is 3.41. The first-order valence-electron chi connectivity index (χ1n) is 8.74. The van der Waals surface area contributed by atoms with E-state index < -0.39 is 15.6 Å². The normalized spacial score (nSPS) is 18.6. The van der Waals surface area contributed by atoms with Crippen LogP contribution in [0.4, 0.5) is 4.79 Å². The van der Waals surface area contributed by atoms with Gasteiger partial charge in [0.1, 0.15) is 5.60 Å². The van der Waals surface area contributed by atoms with Crippen LogP contribution in [-0.4, -0.2) is 44.6 Å². The maximum atomic E-state index is 12.3. The summed E-state index contributed by atoms with van der Waals surface area (Å²) < 4.78 is 32.7. The van der Waals surface area contributed by atoms with Crippen LogP contribution in [0, 0.1) is 5.92 Å². The number of likely N-dealkylation sites (tertiary alicyclic amines) is 1. The van der Waals surface area contributed by atoms with E-state index >= 15 is 0 Å². The predicted molar refractivity (Wildman–Crippen MR) is 103 cm³/mol. The second kappa shape index (κ2) is 8.59. The van der Waals surface area contributed by atoms with Gasteiger partial charge in [-0.15, -0.1) is 0 Å². The third-order valence-corrected chi connectivity index (χ3v) is 5.73. The van der Waals surface area contributed by atoms with Gasteiger partial charge < -0.3 is 9.64 Å². The Bertz CT molecular complexity index is 731. The Morgan fingerprint density at radius 3 is 2.69 bits per heavy atom. The highest BCUT2D eigenvalue weighted by Crippen LogP contribution is 2.20. The number of carbonyl (C=O) groups excluding carboxylic acids is 1. The molecular weight excluding hydrogens is 376 g/mol. The van der Waals surface area contributed by atoms with E-state index in [0.29, 0.717) is 30.2 Å². The van der Waals surface area contributed by atoms with E-state index in [1.165, 1.54) is 0 Å². The fourth-order valence-corrected chi connectivity index (χ4v) is 4.37. The van der Waals surface area contributed by atoms with Gasteiger partial charge >= 0.3 is 6.09 Å². The van der Waals surface area contributed by atoms with Gasteiger partial charge in [-0.25, -0.2) is 17.9 Å². The minimum Gasteiger partial charge on any atom is -0.444 e. The molecule has 1 aliphatic heterocycles. The standard InChI is InChI=1S/C18H27ClN2O4S/c1-18(2,3)25-17(22)21-10-6-7-14(12-21)11-20-26(23,24)13-15-8-4-5-9-16(15)19/h4-5,8-9,14,20H,6-7,10-13H2,1-3H3/t14-/m0/s1. The lowest BCUT2D eigenvalue weighted by atomic mass is 9.99. The molecule has 1 N–H and O–H groups in total. The topological polar surface area (TPSA) is 75.7 Å². The largest absolute Gasteiger partial charge is 0.444 e. The first-order chi connectivity index (χ1) is 12.1. The lowest BCUT2D eigenvalue weighted by Crippen LogP contribution is -2.45. The van der Waals surface area contributed by atoms with Gasteiger partial charge in [-0.3, -0.25) is 0 Å². The Balaban J connectivity index is 1.88. The Morgan fingerprint density at radius 2 is 2.04 bits per heavy atom. The van der Waals surface area contributed by atoms with Gasteiger partial charge in [0.05, 0.1) is 5.75 Å². The Kier molecular flexibility index (Phi) is 6.93. The van der Waals surface area contributed by atoms with E-state index in [1.807, 2.05) is 20.8 Å². The number of hydrogen-bond acceptors (Lipinski definition) is 4.